The number of anilines is 1. The number of nitrogens with zero attached hydrogens (tertiary/aromatic N) is 4. The third-order valence-electron chi connectivity index (χ3n) is 3.92. The zero-order chi connectivity index (χ0) is 18.1. The number of H-pyrrole nitrogens is 2. The number of hydrogen-bond donors (Lipinski definition) is 3. The maximum absolute atomic E-state index is 14.5. The van der Waals surface area contributed by atoms with Gasteiger partial charge in [0.1, 0.15) is 29.1 Å². The van der Waals surface area contributed by atoms with Gasteiger partial charge < -0.3 is 10.3 Å². The molecule has 9 heteroatoms. The topological polar surface area (TPSA) is 106 Å². The van der Waals surface area contributed by atoms with Gasteiger partial charge in [-0.3, -0.25) is 0 Å². The summed E-state index contributed by atoms with van der Waals surface area (Å²) in [6.45, 7) is 0. The van der Waals surface area contributed by atoms with Gasteiger partial charge in [0.2, 0.25) is 5.95 Å². The van der Waals surface area contributed by atoms with Crippen molar-refractivity contribution in [1.29, 1.82) is 5.26 Å². The number of nitriles is 1. The van der Waals surface area contributed by atoms with E-state index in [0.717, 1.165) is 0 Å². The molecule has 1 unspecified atom stereocenters. The van der Waals surface area contributed by atoms with Crippen LogP contribution in [0.4, 0.5) is 10.3 Å². The number of nitrogens with one attached hydrogen (secondary N) is 3. The van der Waals surface area contributed by atoms with Crippen LogP contribution in [-0.4, -0.2) is 25.4 Å². The number of para-hydroxylation sites is 1. The molecule has 0 saturated heterocycles. The molecule has 0 amide bonds. The van der Waals surface area contributed by atoms with Gasteiger partial charge in [0.05, 0.1) is 17.3 Å². The van der Waals surface area contributed by atoms with Crippen molar-refractivity contribution < 1.29 is 4.39 Å². The molecule has 3 N–H and O–H groups in total. The number of rotatable bonds is 4. The Morgan fingerprint density at radius 3 is 2.88 bits per heavy atom. The van der Waals surface area contributed by atoms with Gasteiger partial charge in [0, 0.05) is 10.6 Å². The minimum Gasteiger partial charge on any atom is -0.343 e. The van der Waals surface area contributed by atoms with E-state index in [-0.39, 0.29) is 0 Å². The van der Waals surface area contributed by atoms with E-state index >= 15 is 0 Å². The summed E-state index contributed by atoms with van der Waals surface area (Å²) in [7, 11) is 0. The highest BCUT2D eigenvalue weighted by Gasteiger charge is 2.22. The predicted molar refractivity (Wildman–Crippen MR) is 94.1 cm³/mol. The summed E-state index contributed by atoms with van der Waals surface area (Å²) in [5.74, 6) is -0.100. The SMILES string of the molecule is N#Cc1cccc2[nH]c(NC(c3cn[nH]n3)c3ccc(Cl)cc3F)nc12. The van der Waals surface area contributed by atoms with Gasteiger partial charge in [-0.05, 0) is 24.3 Å². The summed E-state index contributed by atoms with van der Waals surface area (Å²) in [6.07, 6.45) is 1.50. The molecule has 0 radical (unpaired) electrons. The second-order valence-electron chi connectivity index (χ2n) is 5.54. The van der Waals surface area contributed by atoms with Crippen LogP contribution in [0.1, 0.15) is 22.9 Å². The minimum atomic E-state index is -0.655. The lowest BCUT2D eigenvalue weighted by Gasteiger charge is -2.17. The molecule has 7 nitrogen and oxygen atoms in total. The van der Waals surface area contributed by atoms with E-state index in [1.165, 1.54) is 12.3 Å². The van der Waals surface area contributed by atoms with Crippen LogP contribution >= 0.6 is 11.6 Å². The molecule has 2 aromatic heterocycles. The zero-order valence-corrected chi connectivity index (χ0v) is 13.9. The molecule has 0 aliphatic rings. The second-order valence-corrected chi connectivity index (χ2v) is 5.97. The first-order valence-electron chi connectivity index (χ1n) is 7.61. The predicted octanol–water partition coefficient (Wildman–Crippen LogP) is 3.55. The van der Waals surface area contributed by atoms with Gasteiger partial charge in [-0.25, -0.2) is 9.37 Å². The van der Waals surface area contributed by atoms with Gasteiger partial charge in [-0.15, -0.1) is 0 Å². The number of hydrogen-bond acceptors (Lipinski definition) is 5. The Labute approximate surface area is 151 Å². The maximum Gasteiger partial charge on any atom is 0.202 e. The Hall–Kier alpha value is -3.44. The first kappa shape index (κ1) is 16.1. The van der Waals surface area contributed by atoms with Crippen molar-refractivity contribution in [2.24, 2.45) is 0 Å². The van der Waals surface area contributed by atoms with Crippen LogP contribution in [0.2, 0.25) is 5.02 Å². The average molecular weight is 368 g/mol. The van der Waals surface area contributed by atoms with Crippen LogP contribution in [0.5, 0.6) is 0 Å². The summed E-state index contributed by atoms with van der Waals surface area (Å²) in [5, 5.41) is 23.0. The maximum atomic E-state index is 14.5. The highest BCUT2D eigenvalue weighted by molar-refractivity contribution is 6.30. The van der Waals surface area contributed by atoms with Crippen LogP contribution in [-0.2, 0) is 0 Å². The van der Waals surface area contributed by atoms with Crippen LogP contribution in [0, 0.1) is 17.1 Å². The third kappa shape index (κ3) is 2.85. The van der Waals surface area contributed by atoms with Crippen molar-refractivity contribution >= 4 is 28.6 Å². The molecule has 1 atom stereocenters. The molecule has 0 saturated carbocycles. The first-order valence-corrected chi connectivity index (χ1v) is 7.99. The molecule has 0 spiro atoms. The Balaban J connectivity index is 1.78. The summed E-state index contributed by atoms with van der Waals surface area (Å²) < 4.78 is 14.5. The second kappa shape index (κ2) is 6.46. The number of aromatic nitrogens is 5. The molecule has 2 heterocycles. The van der Waals surface area contributed by atoms with Crippen LogP contribution < -0.4 is 5.32 Å². The molecule has 128 valence electrons. The fourth-order valence-corrected chi connectivity index (χ4v) is 2.88. The third-order valence-corrected chi connectivity index (χ3v) is 4.15. The van der Waals surface area contributed by atoms with Crippen LogP contribution in [0.25, 0.3) is 11.0 Å². The van der Waals surface area contributed by atoms with E-state index in [1.54, 1.807) is 24.3 Å². The summed E-state index contributed by atoms with van der Waals surface area (Å²) >= 11 is 5.85. The lowest BCUT2D eigenvalue weighted by molar-refractivity contribution is 0.602. The molecular formula is C17H11ClFN7. The highest BCUT2D eigenvalue weighted by atomic mass is 35.5. The Kier molecular flexibility index (Phi) is 3.99. The van der Waals surface area contributed by atoms with Gasteiger partial charge >= 0.3 is 0 Å². The minimum absolute atomic E-state index is 0.299. The van der Waals surface area contributed by atoms with Crippen molar-refractivity contribution in [1.82, 2.24) is 25.4 Å². The average Bonchev–Trinajstić information content (AvgIpc) is 3.29. The van der Waals surface area contributed by atoms with Gasteiger partial charge in [0.25, 0.3) is 0 Å². The van der Waals surface area contributed by atoms with Crippen molar-refractivity contribution in [3.8, 4) is 6.07 Å². The monoisotopic (exact) mass is 367 g/mol. The van der Waals surface area contributed by atoms with Crippen molar-refractivity contribution in [2.75, 3.05) is 5.32 Å². The van der Waals surface area contributed by atoms with E-state index in [1.807, 2.05) is 6.07 Å². The molecule has 0 fully saturated rings. The lowest BCUT2D eigenvalue weighted by atomic mass is 10.0. The number of imidazole rings is 1. The Morgan fingerprint density at radius 2 is 2.15 bits per heavy atom. The molecule has 0 aliphatic carbocycles. The quantitative estimate of drug-likeness (QED) is 0.511. The van der Waals surface area contributed by atoms with Gasteiger partial charge in [-0.1, -0.05) is 23.7 Å². The fourth-order valence-electron chi connectivity index (χ4n) is 2.72. The smallest absolute Gasteiger partial charge is 0.202 e. The van der Waals surface area contributed by atoms with E-state index in [0.29, 0.717) is 38.8 Å². The molecule has 0 bridgehead atoms. The Morgan fingerprint density at radius 1 is 1.27 bits per heavy atom. The van der Waals surface area contributed by atoms with Gasteiger partial charge in [-0.2, -0.15) is 20.7 Å². The lowest BCUT2D eigenvalue weighted by Crippen LogP contribution is -2.15. The molecule has 4 rings (SSSR count). The zero-order valence-electron chi connectivity index (χ0n) is 13.2. The largest absolute Gasteiger partial charge is 0.343 e. The van der Waals surface area contributed by atoms with E-state index in [4.69, 9.17) is 11.6 Å². The van der Waals surface area contributed by atoms with Crippen molar-refractivity contribution in [3.63, 3.8) is 0 Å². The van der Waals surface area contributed by atoms with Crippen LogP contribution in [0.15, 0.2) is 42.6 Å². The standard InChI is InChI=1S/C17H11ClFN7/c18-10-4-5-11(12(19)6-10)16(14-8-21-26-25-14)24-17-22-13-3-1-2-9(7-20)15(13)23-17/h1-6,8,16H,(H,21,25,26)(H2,22,23,24). The van der Waals surface area contributed by atoms with E-state index < -0.39 is 11.9 Å². The van der Waals surface area contributed by atoms with E-state index in [9.17, 15) is 9.65 Å². The number of halogens is 2. The fraction of sp³-hybridized carbons (Fsp3) is 0.0588. The number of fused-ring (bicyclic) bond motifs is 1. The molecule has 26 heavy (non-hydrogen) atoms. The molecule has 2 aromatic carbocycles. The highest BCUT2D eigenvalue weighted by Crippen LogP contribution is 2.29. The van der Waals surface area contributed by atoms with Gasteiger partial charge in [0.15, 0.2) is 0 Å². The molecular weight excluding hydrogens is 357 g/mol. The first-order chi connectivity index (χ1) is 12.7. The summed E-state index contributed by atoms with van der Waals surface area (Å²) in [6, 6.07) is 11.1. The van der Waals surface area contributed by atoms with Crippen molar-refractivity contribution in [2.45, 2.75) is 6.04 Å². The summed E-state index contributed by atoms with van der Waals surface area (Å²) in [4.78, 5) is 7.49. The van der Waals surface area contributed by atoms with Crippen LogP contribution in [0.3, 0.4) is 0 Å². The number of benzene rings is 2. The molecule has 0 aliphatic heterocycles. The Bertz CT molecular complexity index is 1110. The normalized spacial score (nSPS) is 12.0. The summed E-state index contributed by atoms with van der Waals surface area (Å²) in [5.41, 5.74) is 2.49. The molecule has 4 aromatic rings. The van der Waals surface area contributed by atoms with Crippen molar-refractivity contribution in [3.05, 3.63) is 70.3 Å². The van der Waals surface area contributed by atoms with E-state index in [2.05, 4.69) is 36.8 Å². The number of aromatic amines is 2.